The molecular formula is C16H28BrN. The van der Waals surface area contributed by atoms with Crippen molar-refractivity contribution in [1.82, 2.24) is 5.32 Å². The van der Waals surface area contributed by atoms with Gasteiger partial charge in [-0.1, -0.05) is 24.3 Å². The van der Waals surface area contributed by atoms with Crippen molar-refractivity contribution < 1.29 is 0 Å². The molecule has 0 rings (SSSR count). The van der Waals surface area contributed by atoms with Gasteiger partial charge in [0.25, 0.3) is 0 Å². The highest BCUT2D eigenvalue weighted by atomic mass is 79.9. The molecule has 0 aromatic heterocycles. The molecule has 0 spiro atoms. The van der Waals surface area contributed by atoms with Gasteiger partial charge in [-0.05, 0) is 38.5 Å². The Balaban J connectivity index is 0. The number of nitrogens with one attached hydrogen (secondary N) is 1. The normalized spacial score (nSPS) is 12.9. The van der Waals surface area contributed by atoms with Gasteiger partial charge in [0.1, 0.15) is 0 Å². The lowest BCUT2D eigenvalue weighted by atomic mass is 10.0. The Bertz CT molecular complexity index is 211. The summed E-state index contributed by atoms with van der Waals surface area (Å²) in [6.45, 7) is 15.2. The van der Waals surface area contributed by atoms with Crippen LogP contribution in [0, 0.1) is 0 Å². The summed E-state index contributed by atoms with van der Waals surface area (Å²) in [6, 6.07) is 1.00. The summed E-state index contributed by atoms with van der Waals surface area (Å²) in [4.78, 5) is 0. The molecular weight excluding hydrogens is 286 g/mol. The molecule has 0 saturated carbocycles. The molecule has 0 radical (unpaired) electrons. The summed E-state index contributed by atoms with van der Waals surface area (Å²) in [6.07, 6.45) is 14.3. The van der Waals surface area contributed by atoms with Crippen LogP contribution >= 0.6 is 17.0 Å². The highest BCUT2D eigenvalue weighted by Crippen LogP contribution is 2.10. The molecule has 0 bridgehead atoms. The lowest BCUT2D eigenvalue weighted by Crippen LogP contribution is -2.37. The first-order valence-electron chi connectivity index (χ1n) is 6.48. The van der Waals surface area contributed by atoms with Gasteiger partial charge in [0, 0.05) is 12.1 Å². The predicted octanol–water partition coefficient (Wildman–Crippen LogP) is 4.98. The molecule has 1 N–H and O–H groups in total. The van der Waals surface area contributed by atoms with E-state index in [2.05, 4.69) is 31.6 Å². The molecule has 0 aliphatic heterocycles. The fourth-order valence-corrected chi connectivity index (χ4v) is 1.91. The molecule has 104 valence electrons. The number of halogens is 1. The van der Waals surface area contributed by atoms with Crippen molar-refractivity contribution in [3.63, 3.8) is 0 Å². The summed E-state index contributed by atoms with van der Waals surface area (Å²) < 4.78 is 0. The van der Waals surface area contributed by atoms with Crippen molar-refractivity contribution in [1.29, 1.82) is 0 Å². The van der Waals surface area contributed by atoms with Crippen LogP contribution < -0.4 is 5.32 Å². The molecule has 0 amide bonds. The van der Waals surface area contributed by atoms with Crippen LogP contribution in [0.5, 0.6) is 0 Å². The van der Waals surface area contributed by atoms with Gasteiger partial charge in [-0.15, -0.1) is 43.3 Å². The van der Waals surface area contributed by atoms with Gasteiger partial charge in [-0.2, -0.15) is 0 Å². The standard InChI is InChI=1S/C16H27N.BrH/c1-5-9-13-15(11-7-3)17-16(12-8-4)14-10-6-2;/h5-8,15-17H,1-4,9-14H2;1H. The lowest BCUT2D eigenvalue weighted by molar-refractivity contribution is 0.395. The van der Waals surface area contributed by atoms with E-state index in [9.17, 15) is 0 Å². The topological polar surface area (TPSA) is 12.0 Å². The average molecular weight is 314 g/mol. The van der Waals surface area contributed by atoms with Crippen LogP contribution in [-0.4, -0.2) is 12.1 Å². The molecule has 0 saturated heterocycles. The van der Waals surface area contributed by atoms with Crippen LogP contribution in [0.1, 0.15) is 38.5 Å². The second-order valence-electron chi connectivity index (χ2n) is 4.34. The minimum absolute atomic E-state index is 0. The first kappa shape index (κ1) is 19.7. The van der Waals surface area contributed by atoms with Crippen LogP contribution in [0.15, 0.2) is 50.6 Å². The van der Waals surface area contributed by atoms with Crippen molar-refractivity contribution in [2.75, 3.05) is 0 Å². The smallest absolute Gasteiger partial charge is 0.0107 e. The van der Waals surface area contributed by atoms with Crippen molar-refractivity contribution in [3.05, 3.63) is 50.6 Å². The van der Waals surface area contributed by atoms with Gasteiger partial charge in [0.05, 0.1) is 0 Å². The largest absolute Gasteiger partial charge is 0.311 e. The van der Waals surface area contributed by atoms with Crippen LogP contribution in [-0.2, 0) is 0 Å². The van der Waals surface area contributed by atoms with Gasteiger partial charge in [0.15, 0.2) is 0 Å². The minimum Gasteiger partial charge on any atom is -0.311 e. The zero-order valence-electron chi connectivity index (χ0n) is 11.4. The molecule has 0 aromatic rings. The van der Waals surface area contributed by atoms with Crippen molar-refractivity contribution >= 4 is 17.0 Å². The maximum Gasteiger partial charge on any atom is 0.0107 e. The quantitative estimate of drug-likeness (QED) is 0.501. The molecule has 2 heteroatoms. The Morgan fingerprint density at radius 3 is 1.39 bits per heavy atom. The SMILES string of the molecule is Br.C=CCCC(CC=C)NC(CC=C)CCC=C. The zero-order chi connectivity index (χ0) is 12.9. The fraction of sp³-hybridized carbons (Fsp3) is 0.500. The summed E-state index contributed by atoms with van der Waals surface area (Å²) in [7, 11) is 0. The summed E-state index contributed by atoms with van der Waals surface area (Å²) in [5.74, 6) is 0. The molecule has 1 nitrogen and oxygen atoms in total. The zero-order valence-corrected chi connectivity index (χ0v) is 13.2. The Morgan fingerprint density at radius 2 is 1.11 bits per heavy atom. The van der Waals surface area contributed by atoms with Gasteiger partial charge in [-0.25, -0.2) is 0 Å². The van der Waals surface area contributed by atoms with Crippen molar-refractivity contribution in [3.8, 4) is 0 Å². The Labute approximate surface area is 124 Å². The second-order valence-corrected chi connectivity index (χ2v) is 4.34. The number of allylic oxidation sites excluding steroid dienone is 2. The predicted molar refractivity (Wildman–Crippen MR) is 89.5 cm³/mol. The number of hydrogen-bond acceptors (Lipinski definition) is 1. The molecule has 2 atom stereocenters. The third-order valence-electron chi connectivity index (χ3n) is 2.81. The summed E-state index contributed by atoms with van der Waals surface area (Å²) >= 11 is 0. The fourth-order valence-electron chi connectivity index (χ4n) is 1.91. The van der Waals surface area contributed by atoms with E-state index in [1.54, 1.807) is 0 Å². The Kier molecular flexibility index (Phi) is 15.9. The molecule has 18 heavy (non-hydrogen) atoms. The monoisotopic (exact) mass is 313 g/mol. The second kappa shape index (κ2) is 14.5. The van der Waals surface area contributed by atoms with Gasteiger partial charge in [-0.3, -0.25) is 0 Å². The van der Waals surface area contributed by atoms with E-state index in [1.165, 1.54) is 0 Å². The van der Waals surface area contributed by atoms with E-state index in [0.717, 1.165) is 38.5 Å². The van der Waals surface area contributed by atoms with Gasteiger partial charge in [0.2, 0.25) is 0 Å². The first-order valence-corrected chi connectivity index (χ1v) is 6.48. The highest BCUT2D eigenvalue weighted by Gasteiger charge is 2.12. The van der Waals surface area contributed by atoms with E-state index < -0.39 is 0 Å². The molecule has 0 aromatic carbocycles. The molecule has 2 unspecified atom stereocenters. The van der Waals surface area contributed by atoms with E-state index in [1.807, 2.05) is 24.3 Å². The van der Waals surface area contributed by atoms with E-state index in [4.69, 9.17) is 0 Å². The molecule has 0 aliphatic carbocycles. The third-order valence-corrected chi connectivity index (χ3v) is 2.81. The maximum atomic E-state index is 3.82. The maximum absolute atomic E-state index is 3.82. The first-order chi connectivity index (χ1) is 8.28. The molecule has 0 aliphatic rings. The molecule has 0 heterocycles. The van der Waals surface area contributed by atoms with Gasteiger partial charge >= 0.3 is 0 Å². The minimum atomic E-state index is 0. The van der Waals surface area contributed by atoms with E-state index in [-0.39, 0.29) is 17.0 Å². The van der Waals surface area contributed by atoms with Crippen molar-refractivity contribution in [2.45, 2.75) is 50.6 Å². The summed E-state index contributed by atoms with van der Waals surface area (Å²) in [5, 5.41) is 3.69. The van der Waals surface area contributed by atoms with Crippen LogP contribution in [0.25, 0.3) is 0 Å². The Hall–Kier alpha value is -0.600. The number of rotatable bonds is 12. The Morgan fingerprint density at radius 1 is 0.722 bits per heavy atom. The highest BCUT2D eigenvalue weighted by molar-refractivity contribution is 8.93. The van der Waals surface area contributed by atoms with Crippen LogP contribution in [0.2, 0.25) is 0 Å². The van der Waals surface area contributed by atoms with E-state index >= 15 is 0 Å². The van der Waals surface area contributed by atoms with Gasteiger partial charge < -0.3 is 5.32 Å². The summed E-state index contributed by atoms with van der Waals surface area (Å²) in [5.41, 5.74) is 0. The molecule has 0 fully saturated rings. The van der Waals surface area contributed by atoms with Crippen LogP contribution in [0.4, 0.5) is 0 Å². The third kappa shape index (κ3) is 10.5. The van der Waals surface area contributed by atoms with E-state index in [0.29, 0.717) is 12.1 Å². The average Bonchev–Trinajstić information content (AvgIpc) is 2.33. The van der Waals surface area contributed by atoms with Crippen LogP contribution in [0.3, 0.4) is 0 Å². The van der Waals surface area contributed by atoms with Crippen molar-refractivity contribution in [2.24, 2.45) is 0 Å². The number of hydrogen-bond donors (Lipinski definition) is 1. The lowest BCUT2D eigenvalue weighted by Gasteiger charge is -2.24.